The van der Waals surface area contributed by atoms with Crippen molar-refractivity contribution >= 4 is 17.7 Å². The van der Waals surface area contributed by atoms with Gasteiger partial charge in [0.25, 0.3) is 0 Å². The molecule has 0 radical (unpaired) electrons. The fourth-order valence-electron chi connectivity index (χ4n) is 2.23. The molecule has 1 amide bonds. The second-order valence-electron chi connectivity index (χ2n) is 5.53. The van der Waals surface area contributed by atoms with E-state index in [1.807, 2.05) is 32.1 Å². The predicted octanol–water partition coefficient (Wildman–Crippen LogP) is 2.86. The minimum Gasteiger partial charge on any atom is -0.345 e. The third-order valence-corrected chi connectivity index (χ3v) is 3.78. The average Bonchev–Trinajstić information content (AvgIpc) is 2.36. The van der Waals surface area contributed by atoms with Crippen LogP contribution in [0.3, 0.4) is 0 Å². The number of thioether (sulfide) groups is 1. The molecule has 0 unspecified atom stereocenters. The summed E-state index contributed by atoms with van der Waals surface area (Å²) in [5.74, 6) is 0.683. The number of hydrogen-bond donors (Lipinski definition) is 0. The maximum Gasteiger partial charge on any atom is 0.222 e. The third kappa shape index (κ3) is 4.78. The first-order chi connectivity index (χ1) is 9.35. The zero-order chi connectivity index (χ0) is 15.3. The maximum absolute atomic E-state index is 12.1. The van der Waals surface area contributed by atoms with Gasteiger partial charge in [0.2, 0.25) is 5.91 Å². The second-order valence-corrected chi connectivity index (χ2v) is 6.30. The number of carbonyl (C=O) groups excluding carboxylic acids is 1. The fraction of sp³-hybridized carbons (Fsp3) is 0.667. The van der Waals surface area contributed by atoms with Crippen LogP contribution in [0.5, 0.6) is 0 Å². The van der Waals surface area contributed by atoms with Crippen LogP contribution in [0.4, 0.5) is 0 Å². The Labute approximate surface area is 126 Å². The lowest BCUT2D eigenvalue weighted by molar-refractivity contribution is -0.130. The van der Waals surface area contributed by atoms with E-state index in [2.05, 4.69) is 23.8 Å². The van der Waals surface area contributed by atoms with Crippen LogP contribution in [0, 0.1) is 19.8 Å². The highest BCUT2D eigenvalue weighted by Crippen LogP contribution is 2.17. The average molecular weight is 295 g/mol. The Morgan fingerprint density at radius 3 is 2.25 bits per heavy atom. The van der Waals surface area contributed by atoms with Crippen LogP contribution in [-0.2, 0) is 11.2 Å². The Hall–Kier alpha value is -1.10. The van der Waals surface area contributed by atoms with Crippen LogP contribution in [0.2, 0.25) is 0 Å². The highest BCUT2D eigenvalue weighted by molar-refractivity contribution is 7.98. The van der Waals surface area contributed by atoms with Crippen molar-refractivity contribution in [3.05, 3.63) is 17.0 Å². The van der Waals surface area contributed by atoms with E-state index in [4.69, 9.17) is 0 Å². The lowest BCUT2D eigenvalue weighted by Gasteiger charge is -2.19. The molecule has 1 aromatic heterocycles. The summed E-state index contributed by atoms with van der Waals surface area (Å²) in [6.45, 7) is 9.02. The van der Waals surface area contributed by atoms with Crippen molar-refractivity contribution in [2.45, 2.75) is 45.7 Å². The molecular weight excluding hydrogens is 270 g/mol. The van der Waals surface area contributed by atoms with Gasteiger partial charge in [-0.15, -0.1) is 0 Å². The molecule has 1 rings (SSSR count). The number of hydrogen-bond acceptors (Lipinski definition) is 4. The minimum atomic E-state index is 0.187. The van der Waals surface area contributed by atoms with Gasteiger partial charge in [0.05, 0.1) is 0 Å². The van der Waals surface area contributed by atoms with Gasteiger partial charge in [0, 0.05) is 31.4 Å². The quantitative estimate of drug-likeness (QED) is 0.598. The van der Waals surface area contributed by atoms with Gasteiger partial charge < -0.3 is 4.90 Å². The van der Waals surface area contributed by atoms with Gasteiger partial charge in [-0.1, -0.05) is 25.6 Å². The number of aromatic nitrogens is 2. The molecule has 5 heteroatoms. The van der Waals surface area contributed by atoms with Crippen LogP contribution >= 0.6 is 11.8 Å². The summed E-state index contributed by atoms with van der Waals surface area (Å²) in [6.07, 6.45) is 3.21. The van der Waals surface area contributed by atoms with Gasteiger partial charge in [0.15, 0.2) is 5.16 Å². The van der Waals surface area contributed by atoms with Crippen LogP contribution in [0.25, 0.3) is 0 Å². The molecule has 4 nitrogen and oxygen atoms in total. The Morgan fingerprint density at radius 1 is 1.25 bits per heavy atom. The topological polar surface area (TPSA) is 46.1 Å². The summed E-state index contributed by atoms with van der Waals surface area (Å²) in [5.41, 5.74) is 3.08. The molecule has 0 atom stereocenters. The summed E-state index contributed by atoms with van der Waals surface area (Å²) >= 11 is 1.54. The molecule has 0 aliphatic heterocycles. The summed E-state index contributed by atoms with van der Waals surface area (Å²) in [6, 6.07) is 0. The van der Waals surface area contributed by atoms with Crippen LogP contribution < -0.4 is 0 Å². The van der Waals surface area contributed by atoms with Crippen LogP contribution in [-0.4, -0.2) is 40.6 Å². The number of rotatable bonds is 6. The Kier molecular flexibility index (Phi) is 6.46. The van der Waals surface area contributed by atoms with E-state index < -0.39 is 0 Å². The third-order valence-electron chi connectivity index (χ3n) is 3.24. The lowest BCUT2D eigenvalue weighted by atomic mass is 10.1. The molecule has 112 valence electrons. The van der Waals surface area contributed by atoms with Crippen molar-refractivity contribution < 1.29 is 4.79 Å². The molecule has 0 aromatic carbocycles. The van der Waals surface area contributed by atoms with Gasteiger partial charge >= 0.3 is 0 Å². The van der Waals surface area contributed by atoms with E-state index in [1.165, 1.54) is 0 Å². The van der Waals surface area contributed by atoms with E-state index in [9.17, 15) is 4.79 Å². The van der Waals surface area contributed by atoms with Crippen LogP contribution in [0.15, 0.2) is 5.16 Å². The molecule has 0 saturated heterocycles. The molecular formula is C15H25N3OS. The zero-order valence-corrected chi connectivity index (χ0v) is 14.2. The van der Waals surface area contributed by atoms with E-state index in [0.717, 1.165) is 28.7 Å². The first-order valence-electron chi connectivity index (χ1n) is 6.97. The highest BCUT2D eigenvalue weighted by atomic mass is 32.2. The van der Waals surface area contributed by atoms with E-state index in [0.29, 0.717) is 18.8 Å². The first kappa shape index (κ1) is 17.0. The van der Waals surface area contributed by atoms with E-state index >= 15 is 0 Å². The number of nitrogens with zero attached hydrogens (tertiary/aromatic N) is 3. The lowest BCUT2D eigenvalue weighted by Crippen LogP contribution is -2.30. The Morgan fingerprint density at radius 2 is 1.80 bits per heavy atom. The van der Waals surface area contributed by atoms with Gasteiger partial charge in [-0.2, -0.15) is 0 Å². The van der Waals surface area contributed by atoms with Crippen molar-refractivity contribution in [1.29, 1.82) is 0 Å². The monoisotopic (exact) mass is 295 g/mol. The highest BCUT2D eigenvalue weighted by Gasteiger charge is 2.13. The number of aryl methyl sites for hydroxylation is 2. The first-order valence-corrected chi connectivity index (χ1v) is 8.19. The molecule has 0 saturated carbocycles. The molecule has 0 fully saturated rings. The fourth-order valence-corrected chi connectivity index (χ4v) is 2.69. The smallest absolute Gasteiger partial charge is 0.222 e. The zero-order valence-electron chi connectivity index (χ0n) is 13.4. The van der Waals surface area contributed by atoms with Gasteiger partial charge in [-0.05, 0) is 38.0 Å². The molecule has 0 aliphatic carbocycles. The van der Waals surface area contributed by atoms with Crippen molar-refractivity contribution in [3.63, 3.8) is 0 Å². The van der Waals surface area contributed by atoms with Crippen LogP contribution in [0.1, 0.15) is 37.2 Å². The largest absolute Gasteiger partial charge is 0.345 e. The summed E-state index contributed by atoms with van der Waals surface area (Å²) < 4.78 is 0. The summed E-state index contributed by atoms with van der Waals surface area (Å²) in [5, 5.41) is 0.798. The SMILES string of the molecule is CSc1nc(C)c(CCC(=O)N(C)CC(C)C)c(C)n1. The molecule has 0 N–H and O–H groups in total. The summed E-state index contributed by atoms with van der Waals surface area (Å²) in [4.78, 5) is 22.8. The van der Waals surface area contributed by atoms with Crippen molar-refractivity contribution in [2.24, 2.45) is 5.92 Å². The second kappa shape index (κ2) is 7.62. The Balaban J connectivity index is 2.68. The van der Waals surface area contributed by atoms with Gasteiger partial charge in [-0.25, -0.2) is 9.97 Å². The summed E-state index contributed by atoms with van der Waals surface area (Å²) in [7, 11) is 1.87. The molecule has 20 heavy (non-hydrogen) atoms. The number of carbonyl (C=O) groups is 1. The van der Waals surface area contributed by atoms with Gasteiger partial charge in [-0.3, -0.25) is 4.79 Å². The van der Waals surface area contributed by atoms with E-state index in [1.54, 1.807) is 11.8 Å². The van der Waals surface area contributed by atoms with Crippen molar-refractivity contribution in [1.82, 2.24) is 14.9 Å². The Bertz CT molecular complexity index is 451. The van der Waals surface area contributed by atoms with E-state index in [-0.39, 0.29) is 5.91 Å². The molecule has 0 spiro atoms. The molecule has 0 bridgehead atoms. The standard InChI is InChI=1S/C15H25N3OS/c1-10(2)9-18(5)14(19)8-7-13-11(3)16-15(20-6)17-12(13)4/h10H,7-9H2,1-6H3. The molecule has 1 aromatic rings. The minimum absolute atomic E-state index is 0.187. The molecule has 1 heterocycles. The molecule has 0 aliphatic rings. The predicted molar refractivity (Wildman–Crippen MR) is 84.1 cm³/mol. The number of amides is 1. The normalized spacial score (nSPS) is 10.9. The van der Waals surface area contributed by atoms with Gasteiger partial charge in [0.1, 0.15) is 0 Å². The maximum atomic E-state index is 12.1. The van der Waals surface area contributed by atoms with Crippen molar-refractivity contribution in [3.8, 4) is 0 Å². The van der Waals surface area contributed by atoms with Crippen molar-refractivity contribution in [2.75, 3.05) is 19.8 Å².